The Labute approximate surface area is 159 Å². The molecule has 0 heterocycles. The summed E-state index contributed by atoms with van der Waals surface area (Å²) >= 11 is 0. The van der Waals surface area contributed by atoms with Gasteiger partial charge in [-0.3, -0.25) is 0 Å². The Morgan fingerprint density at radius 3 is 1.68 bits per heavy atom. The molecule has 1 rings (SSSR count). The first-order valence-corrected chi connectivity index (χ1v) is 11.7. The molecule has 0 bridgehead atoms. The summed E-state index contributed by atoms with van der Waals surface area (Å²) in [5.41, 5.74) is 0.515. The van der Waals surface area contributed by atoms with Crippen molar-refractivity contribution in [2.24, 2.45) is 0 Å². The van der Waals surface area contributed by atoms with Gasteiger partial charge in [-0.15, -0.1) is 0 Å². The van der Waals surface area contributed by atoms with Crippen LogP contribution < -0.4 is 5.32 Å². The van der Waals surface area contributed by atoms with E-state index in [1.165, 1.54) is 122 Å². The van der Waals surface area contributed by atoms with Crippen molar-refractivity contribution in [3.05, 3.63) is 12.2 Å². The van der Waals surface area contributed by atoms with E-state index in [0.717, 1.165) is 0 Å². The van der Waals surface area contributed by atoms with Crippen molar-refractivity contribution in [2.45, 2.75) is 134 Å². The maximum Gasteiger partial charge on any atom is 0.0178 e. The Hall–Kier alpha value is -0.300. The smallest absolute Gasteiger partial charge is 0.0178 e. The van der Waals surface area contributed by atoms with Crippen LogP contribution in [0.15, 0.2) is 12.2 Å². The first-order valence-electron chi connectivity index (χ1n) is 11.7. The molecule has 0 spiro atoms. The molecular formula is C24H47N. The number of rotatable bonds is 17. The zero-order valence-corrected chi connectivity index (χ0v) is 17.6. The summed E-state index contributed by atoms with van der Waals surface area (Å²) in [6.07, 6.45) is 31.7. The van der Waals surface area contributed by atoms with Gasteiger partial charge in [-0.05, 0) is 52.0 Å². The van der Waals surface area contributed by atoms with Crippen LogP contribution in [0.25, 0.3) is 0 Å². The fourth-order valence-corrected chi connectivity index (χ4v) is 4.39. The monoisotopic (exact) mass is 349 g/mol. The molecule has 1 aliphatic carbocycles. The molecular weight excluding hydrogens is 302 g/mol. The van der Waals surface area contributed by atoms with Gasteiger partial charge in [0.25, 0.3) is 0 Å². The quantitative estimate of drug-likeness (QED) is 0.207. The van der Waals surface area contributed by atoms with E-state index >= 15 is 0 Å². The molecule has 1 fully saturated rings. The summed E-state index contributed by atoms with van der Waals surface area (Å²) < 4.78 is 0. The highest BCUT2D eigenvalue weighted by Crippen LogP contribution is 2.33. The average Bonchev–Trinajstić information content (AvgIpc) is 3.11. The lowest BCUT2D eigenvalue weighted by molar-refractivity contribution is 0.319. The van der Waals surface area contributed by atoms with E-state index in [9.17, 15) is 0 Å². The average molecular weight is 350 g/mol. The topological polar surface area (TPSA) is 12.0 Å². The minimum Gasteiger partial charge on any atom is -0.314 e. The van der Waals surface area contributed by atoms with Crippen LogP contribution in [0.2, 0.25) is 0 Å². The maximum absolute atomic E-state index is 3.62. The van der Waals surface area contributed by atoms with Gasteiger partial charge >= 0.3 is 0 Å². The molecule has 0 aromatic heterocycles. The predicted molar refractivity (Wildman–Crippen MR) is 114 cm³/mol. The van der Waals surface area contributed by atoms with Crippen molar-refractivity contribution in [3.63, 3.8) is 0 Å². The number of hydrogen-bond donors (Lipinski definition) is 1. The van der Waals surface area contributed by atoms with E-state index in [4.69, 9.17) is 0 Å². The number of hydrogen-bond acceptors (Lipinski definition) is 1. The molecule has 1 saturated carbocycles. The fourth-order valence-electron chi connectivity index (χ4n) is 4.39. The molecule has 0 aliphatic heterocycles. The Balaban J connectivity index is 1.79. The van der Waals surface area contributed by atoms with Crippen LogP contribution >= 0.6 is 0 Å². The lowest BCUT2D eigenvalue weighted by atomic mass is 9.90. The van der Waals surface area contributed by atoms with Crippen molar-refractivity contribution in [1.29, 1.82) is 0 Å². The van der Waals surface area contributed by atoms with Crippen LogP contribution in [0.5, 0.6) is 0 Å². The Bertz CT molecular complexity index is 301. The highest BCUT2D eigenvalue weighted by molar-refractivity contribution is 4.91. The molecule has 1 heteroatoms. The summed E-state index contributed by atoms with van der Waals surface area (Å²) in [6.45, 7) is 2.29. The van der Waals surface area contributed by atoms with Crippen molar-refractivity contribution in [2.75, 3.05) is 7.05 Å². The molecule has 0 radical (unpaired) electrons. The summed E-state index contributed by atoms with van der Waals surface area (Å²) in [7, 11) is 2.17. The van der Waals surface area contributed by atoms with E-state index in [1.54, 1.807) is 0 Å². The minimum absolute atomic E-state index is 0.515. The van der Waals surface area contributed by atoms with Gasteiger partial charge in [-0.1, -0.05) is 96.1 Å². The third-order valence-electron chi connectivity index (χ3n) is 6.26. The molecule has 0 saturated heterocycles. The maximum atomic E-state index is 3.62. The highest BCUT2D eigenvalue weighted by Gasteiger charge is 2.30. The van der Waals surface area contributed by atoms with Crippen LogP contribution in [0.1, 0.15) is 129 Å². The molecule has 1 aliphatic rings. The van der Waals surface area contributed by atoms with E-state index in [2.05, 4.69) is 31.4 Å². The Morgan fingerprint density at radius 2 is 1.16 bits per heavy atom. The van der Waals surface area contributed by atoms with Crippen molar-refractivity contribution >= 4 is 0 Å². The van der Waals surface area contributed by atoms with Crippen molar-refractivity contribution in [3.8, 4) is 0 Å². The van der Waals surface area contributed by atoms with E-state index in [-0.39, 0.29) is 0 Å². The number of allylic oxidation sites excluding steroid dienone is 2. The molecule has 148 valence electrons. The van der Waals surface area contributed by atoms with E-state index < -0.39 is 0 Å². The van der Waals surface area contributed by atoms with Crippen LogP contribution in [0.3, 0.4) is 0 Å². The standard InChI is InChI=1S/C24H47N/c1-3-4-5-6-7-8-9-10-11-12-13-14-15-16-17-18-21-24(25-2)22-19-20-23-24/h10-11,25H,3-9,12-23H2,1-2H3. The van der Waals surface area contributed by atoms with Crippen LogP contribution in [0, 0.1) is 0 Å². The molecule has 0 aromatic rings. The summed E-state index contributed by atoms with van der Waals surface area (Å²) in [5.74, 6) is 0. The highest BCUT2D eigenvalue weighted by atomic mass is 14.9. The molecule has 1 N–H and O–H groups in total. The number of unbranched alkanes of at least 4 members (excludes halogenated alkanes) is 12. The van der Waals surface area contributed by atoms with Gasteiger partial charge in [-0.2, -0.15) is 0 Å². The SMILES string of the molecule is CCCCCCCCC=CCCCCCCCCC1(NC)CCCC1. The molecule has 0 atom stereocenters. The van der Waals surface area contributed by atoms with Crippen molar-refractivity contribution in [1.82, 2.24) is 5.32 Å². The molecule has 0 aromatic carbocycles. The Morgan fingerprint density at radius 1 is 0.680 bits per heavy atom. The van der Waals surface area contributed by atoms with Crippen LogP contribution in [-0.4, -0.2) is 12.6 Å². The van der Waals surface area contributed by atoms with E-state index in [0.29, 0.717) is 5.54 Å². The zero-order valence-electron chi connectivity index (χ0n) is 17.6. The molecule has 25 heavy (non-hydrogen) atoms. The lowest BCUT2D eigenvalue weighted by Crippen LogP contribution is -2.39. The molecule has 0 unspecified atom stereocenters. The summed E-state index contributed by atoms with van der Waals surface area (Å²) in [4.78, 5) is 0. The normalized spacial score (nSPS) is 16.9. The summed E-state index contributed by atoms with van der Waals surface area (Å²) in [5, 5.41) is 3.62. The van der Waals surface area contributed by atoms with Gasteiger partial charge in [-0.25, -0.2) is 0 Å². The molecule has 0 amide bonds. The zero-order chi connectivity index (χ0) is 18.1. The van der Waals surface area contributed by atoms with Gasteiger partial charge in [0.15, 0.2) is 0 Å². The number of nitrogens with one attached hydrogen (secondary N) is 1. The Kier molecular flexibility index (Phi) is 14.5. The third-order valence-corrected chi connectivity index (χ3v) is 6.26. The first kappa shape index (κ1) is 22.7. The molecule has 1 nitrogen and oxygen atoms in total. The second-order valence-corrected chi connectivity index (χ2v) is 8.43. The minimum atomic E-state index is 0.515. The van der Waals surface area contributed by atoms with Gasteiger partial charge in [0.1, 0.15) is 0 Å². The van der Waals surface area contributed by atoms with Gasteiger partial charge in [0.2, 0.25) is 0 Å². The lowest BCUT2D eigenvalue weighted by Gasteiger charge is -2.28. The van der Waals surface area contributed by atoms with Gasteiger partial charge in [0, 0.05) is 5.54 Å². The second-order valence-electron chi connectivity index (χ2n) is 8.43. The first-order chi connectivity index (χ1) is 12.3. The third kappa shape index (κ3) is 11.8. The van der Waals surface area contributed by atoms with Crippen LogP contribution in [0.4, 0.5) is 0 Å². The van der Waals surface area contributed by atoms with Crippen molar-refractivity contribution < 1.29 is 0 Å². The van der Waals surface area contributed by atoms with Crippen LogP contribution in [-0.2, 0) is 0 Å². The predicted octanol–water partition coefficient (Wildman–Crippen LogP) is 7.95. The van der Waals surface area contributed by atoms with Gasteiger partial charge in [0.05, 0.1) is 0 Å². The second kappa shape index (κ2) is 15.9. The fraction of sp³-hybridized carbons (Fsp3) is 0.917. The van der Waals surface area contributed by atoms with E-state index in [1.807, 2.05) is 0 Å². The largest absolute Gasteiger partial charge is 0.314 e. The summed E-state index contributed by atoms with van der Waals surface area (Å²) in [6, 6.07) is 0. The van der Waals surface area contributed by atoms with Gasteiger partial charge < -0.3 is 5.32 Å².